The van der Waals surface area contributed by atoms with Crippen LogP contribution in [-0.2, 0) is 4.74 Å². The Bertz CT molecular complexity index is 372. The molecule has 100 valence electrons. The van der Waals surface area contributed by atoms with Crippen LogP contribution >= 0.6 is 0 Å². The molecule has 5 heteroatoms. The average molecular weight is 250 g/mol. The Hall–Kier alpha value is -1.20. The molecule has 0 bridgehead atoms. The Labute approximate surface area is 109 Å². The van der Waals surface area contributed by atoms with E-state index in [2.05, 4.69) is 33.4 Å². The van der Waals surface area contributed by atoms with Gasteiger partial charge >= 0.3 is 0 Å². The van der Waals surface area contributed by atoms with E-state index in [1.54, 1.807) is 13.3 Å². The summed E-state index contributed by atoms with van der Waals surface area (Å²) in [7, 11) is 1.73. The normalized spacial score (nSPS) is 19.4. The topological polar surface area (TPSA) is 50.3 Å². The predicted octanol–water partition coefficient (Wildman–Crippen LogP) is 0.990. The van der Waals surface area contributed by atoms with Crippen molar-refractivity contribution in [3.8, 4) is 0 Å². The van der Waals surface area contributed by atoms with Crippen LogP contribution < -0.4 is 10.2 Å². The number of aryl methyl sites for hydroxylation is 1. The van der Waals surface area contributed by atoms with Gasteiger partial charge in [0.05, 0.1) is 12.8 Å². The van der Waals surface area contributed by atoms with E-state index in [-0.39, 0.29) is 0 Å². The van der Waals surface area contributed by atoms with Crippen LogP contribution in [-0.4, -0.2) is 49.6 Å². The van der Waals surface area contributed by atoms with E-state index in [1.165, 1.54) is 12.8 Å². The second-order valence-corrected chi connectivity index (χ2v) is 4.78. The van der Waals surface area contributed by atoms with Gasteiger partial charge in [-0.25, -0.2) is 0 Å². The molecular weight excluding hydrogens is 228 g/mol. The van der Waals surface area contributed by atoms with E-state index in [4.69, 9.17) is 4.74 Å². The van der Waals surface area contributed by atoms with Crippen LogP contribution in [0.3, 0.4) is 0 Å². The molecule has 0 amide bonds. The monoisotopic (exact) mass is 250 g/mol. The largest absolute Gasteiger partial charge is 0.383 e. The molecule has 0 saturated carbocycles. The maximum absolute atomic E-state index is 5.04. The Morgan fingerprint density at radius 3 is 3.22 bits per heavy atom. The van der Waals surface area contributed by atoms with Gasteiger partial charge in [0, 0.05) is 32.8 Å². The van der Waals surface area contributed by atoms with Gasteiger partial charge in [0.2, 0.25) is 0 Å². The van der Waals surface area contributed by atoms with E-state index >= 15 is 0 Å². The van der Waals surface area contributed by atoms with Crippen molar-refractivity contribution in [2.24, 2.45) is 0 Å². The van der Waals surface area contributed by atoms with Crippen molar-refractivity contribution in [1.82, 2.24) is 15.5 Å². The number of nitrogens with one attached hydrogen (secondary N) is 1. The summed E-state index contributed by atoms with van der Waals surface area (Å²) in [6, 6.07) is 2.64. The maximum Gasteiger partial charge on any atom is 0.151 e. The summed E-state index contributed by atoms with van der Waals surface area (Å²) in [4.78, 5) is 2.36. The first-order valence-corrected chi connectivity index (χ1v) is 6.57. The molecule has 0 radical (unpaired) electrons. The fraction of sp³-hybridized carbons (Fsp3) is 0.692. The van der Waals surface area contributed by atoms with Gasteiger partial charge in [-0.15, -0.1) is 5.10 Å². The molecule has 0 aromatic carbocycles. The molecule has 2 rings (SSSR count). The number of methoxy groups -OCH3 is 1. The summed E-state index contributed by atoms with van der Waals surface area (Å²) in [5.74, 6) is 1.01. The molecule has 1 aromatic rings. The summed E-state index contributed by atoms with van der Waals surface area (Å²) in [6.07, 6.45) is 4.24. The van der Waals surface area contributed by atoms with Gasteiger partial charge in [-0.05, 0) is 31.4 Å². The maximum atomic E-state index is 5.04. The fourth-order valence-corrected chi connectivity index (χ4v) is 2.38. The molecule has 1 unspecified atom stereocenters. The second-order valence-electron chi connectivity index (χ2n) is 4.78. The van der Waals surface area contributed by atoms with Crippen molar-refractivity contribution >= 4 is 5.82 Å². The first-order valence-electron chi connectivity index (χ1n) is 6.57. The summed E-state index contributed by atoms with van der Waals surface area (Å²) < 4.78 is 5.04. The third-order valence-electron chi connectivity index (χ3n) is 3.31. The Morgan fingerprint density at radius 1 is 1.56 bits per heavy atom. The van der Waals surface area contributed by atoms with E-state index in [9.17, 15) is 0 Å². The third-order valence-corrected chi connectivity index (χ3v) is 3.31. The highest BCUT2D eigenvalue weighted by atomic mass is 16.5. The van der Waals surface area contributed by atoms with Gasteiger partial charge in [-0.3, -0.25) is 0 Å². The number of anilines is 1. The van der Waals surface area contributed by atoms with Crippen molar-refractivity contribution in [3.63, 3.8) is 0 Å². The van der Waals surface area contributed by atoms with E-state index in [0.29, 0.717) is 6.04 Å². The number of hydrogen-bond donors (Lipinski definition) is 1. The van der Waals surface area contributed by atoms with Crippen LogP contribution in [0.5, 0.6) is 0 Å². The lowest BCUT2D eigenvalue weighted by atomic mass is 10.2. The first-order chi connectivity index (χ1) is 8.81. The lowest BCUT2D eigenvalue weighted by molar-refractivity contribution is 0.199. The van der Waals surface area contributed by atoms with Crippen LogP contribution in [0.25, 0.3) is 0 Å². The Morgan fingerprint density at radius 2 is 2.44 bits per heavy atom. The van der Waals surface area contributed by atoms with Gasteiger partial charge in [0.25, 0.3) is 0 Å². The van der Waals surface area contributed by atoms with Gasteiger partial charge in [0.1, 0.15) is 0 Å². The Kier molecular flexibility index (Phi) is 4.90. The van der Waals surface area contributed by atoms with Crippen LogP contribution in [0, 0.1) is 6.92 Å². The minimum Gasteiger partial charge on any atom is -0.383 e. The van der Waals surface area contributed by atoms with Crippen LogP contribution in [0.2, 0.25) is 0 Å². The third kappa shape index (κ3) is 3.40. The molecule has 1 fully saturated rings. The van der Waals surface area contributed by atoms with Crippen LogP contribution in [0.1, 0.15) is 18.4 Å². The molecule has 1 aliphatic heterocycles. The first kappa shape index (κ1) is 13.2. The van der Waals surface area contributed by atoms with E-state index < -0.39 is 0 Å². The Balaban J connectivity index is 1.91. The van der Waals surface area contributed by atoms with Gasteiger partial charge in [0.15, 0.2) is 5.82 Å². The second kappa shape index (κ2) is 6.66. The quantitative estimate of drug-likeness (QED) is 0.763. The molecule has 0 aliphatic carbocycles. The SMILES string of the molecule is COCCNCC1CCCN1c1cc(C)cnn1. The van der Waals surface area contributed by atoms with Crippen molar-refractivity contribution < 1.29 is 4.74 Å². The van der Waals surface area contributed by atoms with E-state index in [1.807, 2.05) is 0 Å². The number of aromatic nitrogens is 2. The van der Waals surface area contributed by atoms with Gasteiger partial charge in [-0.1, -0.05) is 0 Å². The lowest BCUT2D eigenvalue weighted by Crippen LogP contribution is -2.39. The minimum absolute atomic E-state index is 0.526. The zero-order valence-corrected chi connectivity index (χ0v) is 11.2. The van der Waals surface area contributed by atoms with E-state index in [0.717, 1.165) is 37.6 Å². The van der Waals surface area contributed by atoms with Crippen LogP contribution in [0.4, 0.5) is 5.82 Å². The predicted molar refractivity (Wildman–Crippen MR) is 71.9 cm³/mol. The molecule has 1 atom stereocenters. The highest BCUT2D eigenvalue weighted by molar-refractivity contribution is 5.41. The molecule has 1 saturated heterocycles. The lowest BCUT2D eigenvalue weighted by Gasteiger charge is -2.25. The molecule has 1 aliphatic rings. The highest BCUT2D eigenvalue weighted by Gasteiger charge is 2.25. The standard InChI is InChI=1S/C13H22N4O/c1-11-8-13(16-15-9-11)17-6-3-4-12(17)10-14-5-7-18-2/h8-9,12,14H,3-7,10H2,1-2H3. The summed E-state index contributed by atoms with van der Waals surface area (Å²) in [5.41, 5.74) is 1.16. The molecular formula is C13H22N4O. The molecule has 18 heavy (non-hydrogen) atoms. The van der Waals surface area contributed by atoms with Crippen molar-refractivity contribution in [2.75, 3.05) is 38.3 Å². The van der Waals surface area contributed by atoms with Crippen LogP contribution in [0.15, 0.2) is 12.3 Å². The zero-order chi connectivity index (χ0) is 12.8. The summed E-state index contributed by atoms with van der Waals surface area (Å²) in [6.45, 7) is 5.78. The minimum atomic E-state index is 0.526. The van der Waals surface area contributed by atoms with Gasteiger partial charge in [-0.2, -0.15) is 5.10 Å². The van der Waals surface area contributed by atoms with Crippen molar-refractivity contribution in [2.45, 2.75) is 25.8 Å². The van der Waals surface area contributed by atoms with Crippen molar-refractivity contribution in [1.29, 1.82) is 0 Å². The molecule has 0 spiro atoms. The fourth-order valence-electron chi connectivity index (χ4n) is 2.38. The summed E-state index contributed by atoms with van der Waals surface area (Å²) >= 11 is 0. The highest BCUT2D eigenvalue weighted by Crippen LogP contribution is 2.23. The van der Waals surface area contributed by atoms with Crippen molar-refractivity contribution in [3.05, 3.63) is 17.8 Å². The number of ether oxygens (including phenoxy) is 1. The number of hydrogen-bond acceptors (Lipinski definition) is 5. The molecule has 1 N–H and O–H groups in total. The smallest absolute Gasteiger partial charge is 0.151 e. The number of nitrogens with zero attached hydrogens (tertiary/aromatic N) is 3. The molecule has 1 aromatic heterocycles. The van der Waals surface area contributed by atoms with Gasteiger partial charge < -0.3 is 15.0 Å². The zero-order valence-electron chi connectivity index (χ0n) is 11.2. The summed E-state index contributed by atoms with van der Waals surface area (Å²) in [5, 5.41) is 11.7. The average Bonchev–Trinajstić information content (AvgIpc) is 2.83. The molecule has 5 nitrogen and oxygen atoms in total. The molecule has 2 heterocycles. The number of rotatable bonds is 6.